The summed E-state index contributed by atoms with van der Waals surface area (Å²) in [4.78, 5) is 0. The average Bonchev–Trinajstić information content (AvgIpc) is 2.96. The van der Waals surface area contributed by atoms with E-state index in [0.29, 0.717) is 18.8 Å². The van der Waals surface area contributed by atoms with Gasteiger partial charge in [0.15, 0.2) is 17.9 Å². The zero-order chi connectivity index (χ0) is 13.2. The van der Waals surface area contributed by atoms with Crippen molar-refractivity contribution in [2.75, 3.05) is 13.2 Å². The van der Waals surface area contributed by atoms with Gasteiger partial charge in [-0.3, -0.25) is 0 Å². The first-order chi connectivity index (χ1) is 9.25. The second-order valence-corrected chi connectivity index (χ2v) is 4.30. The molecule has 1 heterocycles. The van der Waals surface area contributed by atoms with Crippen LogP contribution in [0.2, 0.25) is 0 Å². The van der Waals surface area contributed by atoms with E-state index in [1.165, 1.54) is 6.07 Å². The highest BCUT2D eigenvalue weighted by Gasteiger charge is 2.18. The molecule has 0 unspecified atom stereocenters. The molecule has 0 N–H and O–H groups in total. The van der Waals surface area contributed by atoms with Crippen LogP contribution in [-0.4, -0.2) is 13.2 Å². The molecule has 0 radical (unpaired) electrons. The quantitative estimate of drug-likeness (QED) is 0.822. The van der Waals surface area contributed by atoms with Gasteiger partial charge in [-0.25, -0.2) is 8.78 Å². The molecule has 2 aromatic carbocycles. The lowest BCUT2D eigenvalue weighted by Gasteiger charge is -2.10. The molecule has 1 saturated heterocycles. The second kappa shape index (κ2) is 5.07. The van der Waals surface area contributed by atoms with Crippen LogP contribution >= 0.6 is 0 Å². The Morgan fingerprint density at radius 1 is 0.895 bits per heavy atom. The molecule has 2 nitrogen and oxygen atoms in total. The fourth-order valence-corrected chi connectivity index (χ4v) is 2.10. The minimum absolute atomic E-state index is 0.250. The fraction of sp³-hybridized carbons (Fsp3) is 0.200. The summed E-state index contributed by atoms with van der Waals surface area (Å²) in [5.74, 6) is -1.67. The van der Waals surface area contributed by atoms with Gasteiger partial charge >= 0.3 is 0 Å². The summed E-state index contributed by atoms with van der Waals surface area (Å²) in [5.41, 5.74) is 1.75. The molecule has 1 aliphatic heterocycles. The number of hydrogen-bond donors (Lipinski definition) is 0. The molecule has 3 rings (SSSR count). The summed E-state index contributed by atoms with van der Waals surface area (Å²) in [7, 11) is 0. The monoisotopic (exact) mass is 262 g/mol. The van der Waals surface area contributed by atoms with E-state index in [9.17, 15) is 8.78 Å². The Morgan fingerprint density at radius 3 is 2.26 bits per heavy atom. The molecule has 19 heavy (non-hydrogen) atoms. The van der Waals surface area contributed by atoms with Crippen LogP contribution in [0.5, 0.6) is 0 Å². The largest absolute Gasteiger partial charge is 0.346 e. The summed E-state index contributed by atoms with van der Waals surface area (Å²) >= 11 is 0. The Labute approximate surface area is 109 Å². The first-order valence-electron chi connectivity index (χ1n) is 6.03. The minimum Gasteiger partial charge on any atom is -0.346 e. The Kier molecular flexibility index (Phi) is 3.27. The van der Waals surface area contributed by atoms with Gasteiger partial charge in [0.25, 0.3) is 0 Å². The first kappa shape index (κ1) is 12.3. The molecule has 2 aromatic rings. The predicted molar refractivity (Wildman–Crippen MR) is 66.4 cm³/mol. The maximum Gasteiger partial charge on any atom is 0.184 e. The molecular weight excluding hydrogens is 250 g/mol. The molecule has 0 bridgehead atoms. The van der Waals surface area contributed by atoms with Gasteiger partial charge in [0.1, 0.15) is 0 Å². The lowest BCUT2D eigenvalue weighted by Crippen LogP contribution is -1.97. The molecule has 0 spiro atoms. The molecule has 0 amide bonds. The second-order valence-electron chi connectivity index (χ2n) is 4.30. The third-order valence-corrected chi connectivity index (χ3v) is 3.07. The standard InChI is InChI=1S/C15H12F2O2/c16-13-3-1-2-12(14(13)17)10-4-6-11(7-5-10)15-18-8-9-19-15/h1-7,15H,8-9H2. The molecule has 0 aromatic heterocycles. The van der Waals surface area contributed by atoms with Crippen LogP contribution in [0.25, 0.3) is 11.1 Å². The van der Waals surface area contributed by atoms with E-state index in [2.05, 4.69) is 0 Å². The van der Waals surface area contributed by atoms with Gasteiger partial charge in [-0.1, -0.05) is 36.4 Å². The van der Waals surface area contributed by atoms with Crippen LogP contribution in [0.1, 0.15) is 11.9 Å². The van der Waals surface area contributed by atoms with Crippen LogP contribution in [-0.2, 0) is 9.47 Å². The van der Waals surface area contributed by atoms with Crippen molar-refractivity contribution in [3.05, 3.63) is 59.7 Å². The Bertz CT molecular complexity index is 575. The Balaban J connectivity index is 1.91. The molecule has 0 atom stereocenters. The van der Waals surface area contributed by atoms with E-state index in [4.69, 9.17) is 9.47 Å². The van der Waals surface area contributed by atoms with Gasteiger partial charge in [-0.05, 0) is 11.6 Å². The fourth-order valence-electron chi connectivity index (χ4n) is 2.10. The summed E-state index contributed by atoms with van der Waals surface area (Å²) < 4.78 is 37.6. The molecule has 1 fully saturated rings. The van der Waals surface area contributed by atoms with Crippen molar-refractivity contribution in [1.29, 1.82) is 0 Å². The van der Waals surface area contributed by atoms with Crippen LogP contribution in [0.15, 0.2) is 42.5 Å². The van der Waals surface area contributed by atoms with Crippen LogP contribution < -0.4 is 0 Å². The van der Waals surface area contributed by atoms with Gasteiger partial charge in [0.2, 0.25) is 0 Å². The number of benzene rings is 2. The highest BCUT2D eigenvalue weighted by Crippen LogP contribution is 2.28. The van der Waals surface area contributed by atoms with Crippen molar-refractivity contribution in [1.82, 2.24) is 0 Å². The predicted octanol–water partition coefficient (Wildman–Crippen LogP) is 3.68. The van der Waals surface area contributed by atoms with E-state index in [0.717, 1.165) is 11.6 Å². The normalized spacial score (nSPS) is 15.9. The molecule has 0 saturated carbocycles. The Morgan fingerprint density at radius 2 is 1.58 bits per heavy atom. The van der Waals surface area contributed by atoms with E-state index in [-0.39, 0.29) is 11.9 Å². The zero-order valence-corrected chi connectivity index (χ0v) is 10.1. The molecule has 1 aliphatic rings. The smallest absolute Gasteiger partial charge is 0.184 e. The van der Waals surface area contributed by atoms with Crippen molar-refractivity contribution in [2.45, 2.75) is 6.29 Å². The maximum absolute atomic E-state index is 13.7. The molecule has 98 valence electrons. The third-order valence-electron chi connectivity index (χ3n) is 3.07. The SMILES string of the molecule is Fc1cccc(-c2ccc(C3OCCO3)cc2)c1F. The van der Waals surface area contributed by atoms with E-state index in [1.807, 2.05) is 0 Å². The third kappa shape index (κ3) is 2.37. The Hall–Kier alpha value is -1.78. The number of ether oxygens (including phenoxy) is 2. The van der Waals surface area contributed by atoms with E-state index < -0.39 is 11.6 Å². The zero-order valence-electron chi connectivity index (χ0n) is 10.1. The summed E-state index contributed by atoms with van der Waals surface area (Å²) in [6.07, 6.45) is -0.355. The molecule has 4 heteroatoms. The van der Waals surface area contributed by atoms with Gasteiger partial charge in [-0.15, -0.1) is 0 Å². The number of hydrogen-bond acceptors (Lipinski definition) is 2. The van der Waals surface area contributed by atoms with E-state index in [1.54, 1.807) is 30.3 Å². The lowest BCUT2D eigenvalue weighted by molar-refractivity contribution is -0.0441. The van der Waals surface area contributed by atoms with Crippen molar-refractivity contribution < 1.29 is 18.3 Å². The minimum atomic E-state index is -0.843. The van der Waals surface area contributed by atoms with Crippen LogP contribution in [0.3, 0.4) is 0 Å². The molecular formula is C15H12F2O2. The van der Waals surface area contributed by atoms with Gasteiger partial charge in [0.05, 0.1) is 13.2 Å². The highest BCUT2D eigenvalue weighted by atomic mass is 19.2. The lowest BCUT2D eigenvalue weighted by atomic mass is 10.0. The first-order valence-corrected chi connectivity index (χ1v) is 6.03. The number of rotatable bonds is 2. The maximum atomic E-state index is 13.7. The van der Waals surface area contributed by atoms with Crippen LogP contribution in [0.4, 0.5) is 8.78 Å². The average molecular weight is 262 g/mol. The van der Waals surface area contributed by atoms with Crippen molar-refractivity contribution in [3.63, 3.8) is 0 Å². The van der Waals surface area contributed by atoms with Gasteiger partial charge in [-0.2, -0.15) is 0 Å². The number of halogens is 2. The van der Waals surface area contributed by atoms with E-state index >= 15 is 0 Å². The topological polar surface area (TPSA) is 18.5 Å². The summed E-state index contributed by atoms with van der Waals surface area (Å²) in [5, 5.41) is 0. The molecule has 0 aliphatic carbocycles. The van der Waals surface area contributed by atoms with Crippen molar-refractivity contribution >= 4 is 0 Å². The van der Waals surface area contributed by atoms with Gasteiger partial charge < -0.3 is 9.47 Å². The summed E-state index contributed by atoms with van der Waals surface area (Å²) in [6, 6.07) is 11.2. The highest BCUT2D eigenvalue weighted by molar-refractivity contribution is 5.64. The summed E-state index contributed by atoms with van der Waals surface area (Å²) in [6.45, 7) is 1.15. The van der Waals surface area contributed by atoms with Gasteiger partial charge in [0, 0.05) is 11.1 Å². The van der Waals surface area contributed by atoms with Crippen molar-refractivity contribution in [2.24, 2.45) is 0 Å². The van der Waals surface area contributed by atoms with Crippen LogP contribution in [0, 0.1) is 11.6 Å². The van der Waals surface area contributed by atoms with Crippen molar-refractivity contribution in [3.8, 4) is 11.1 Å².